The second kappa shape index (κ2) is 5.92. The number of benzene rings is 2. The molecule has 0 amide bonds. The molecule has 2 aromatic rings. The van der Waals surface area contributed by atoms with Crippen molar-refractivity contribution in [1.82, 2.24) is 0 Å². The smallest absolute Gasteiger partial charge is 0.269 e. The first-order valence-corrected chi connectivity index (χ1v) is 7.68. The lowest BCUT2D eigenvalue weighted by molar-refractivity contribution is -0.384. The average Bonchev–Trinajstić information content (AvgIpc) is 2.47. The van der Waals surface area contributed by atoms with Gasteiger partial charge >= 0.3 is 0 Å². The maximum Gasteiger partial charge on any atom is 0.269 e. The van der Waals surface area contributed by atoms with E-state index in [-0.39, 0.29) is 16.3 Å². The summed E-state index contributed by atoms with van der Waals surface area (Å²) in [6, 6.07) is 11.6. The van der Waals surface area contributed by atoms with Crippen LogP contribution in [-0.2, 0) is 15.6 Å². The molecule has 110 valence electrons. The molecule has 7 heteroatoms. The standard InChI is InChI=1S/C14H13NO5S/c1-20-13-6-8-14(9-7-13)21(18,19)10-11-2-4-12(5-3-11)15(16)17/h2-9H,10H2,1H3. The Morgan fingerprint density at radius 3 is 2.10 bits per heavy atom. The van der Waals surface area contributed by atoms with E-state index in [4.69, 9.17) is 4.74 Å². The van der Waals surface area contributed by atoms with Crippen LogP contribution < -0.4 is 4.74 Å². The van der Waals surface area contributed by atoms with Crippen molar-refractivity contribution in [3.63, 3.8) is 0 Å². The van der Waals surface area contributed by atoms with Crippen molar-refractivity contribution in [3.8, 4) is 5.75 Å². The van der Waals surface area contributed by atoms with E-state index in [2.05, 4.69) is 0 Å². The van der Waals surface area contributed by atoms with E-state index >= 15 is 0 Å². The fourth-order valence-corrected chi connectivity index (χ4v) is 3.15. The summed E-state index contributed by atoms with van der Waals surface area (Å²) < 4.78 is 29.5. The second-order valence-electron chi connectivity index (χ2n) is 4.36. The van der Waals surface area contributed by atoms with Crippen LogP contribution in [0.15, 0.2) is 53.4 Å². The molecule has 2 rings (SSSR count). The van der Waals surface area contributed by atoms with Crippen LogP contribution in [0.5, 0.6) is 5.75 Å². The molecular formula is C14H13NO5S. The molecule has 0 saturated heterocycles. The number of methoxy groups -OCH3 is 1. The summed E-state index contributed by atoms with van der Waals surface area (Å²) in [6.07, 6.45) is 0. The number of nitro groups is 1. The molecule has 0 fully saturated rings. The summed E-state index contributed by atoms with van der Waals surface area (Å²) >= 11 is 0. The number of non-ortho nitro benzene ring substituents is 1. The van der Waals surface area contributed by atoms with Crippen molar-refractivity contribution >= 4 is 15.5 Å². The van der Waals surface area contributed by atoms with Gasteiger partial charge < -0.3 is 4.74 Å². The zero-order valence-corrected chi connectivity index (χ0v) is 12.0. The Morgan fingerprint density at radius 1 is 1.05 bits per heavy atom. The van der Waals surface area contributed by atoms with Crippen LogP contribution in [-0.4, -0.2) is 20.5 Å². The molecule has 0 atom stereocenters. The van der Waals surface area contributed by atoms with Crippen molar-refractivity contribution in [2.24, 2.45) is 0 Å². The van der Waals surface area contributed by atoms with Crippen LogP contribution in [0, 0.1) is 10.1 Å². The van der Waals surface area contributed by atoms with Crippen LogP contribution in [0.25, 0.3) is 0 Å². The van der Waals surface area contributed by atoms with Crippen molar-refractivity contribution < 1.29 is 18.1 Å². The van der Waals surface area contributed by atoms with Gasteiger partial charge in [-0.1, -0.05) is 12.1 Å². The highest BCUT2D eigenvalue weighted by Crippen LogP contribution is 2.21. The average molecular weight is 307 g/mol. The predicted octanol–water partition coefficient (Wildman–Crippen LogP) is 2.58. The third-order valence-electron chi connectivity index (χ3n) is 2.92. The van der Waals surface area contributed by atoms with Crippen LogP contribution in [0.3, 0.4) is 0 Å². The Morgan fingerprint density at radius 2 is 1.62 bits per heavy atom. The number of nitro benzene ring substituents is 1. The summed E-state index contributed by atoms with van der Waals surface area (Å²) in [7, 11) is -2.00. The van der Waals surface area contributed by atoms with E-state index in [9.17, 15) is 18.5 Å². The van der Waals surface area contributed by atoms with Crippen LogP contribution >= 0.6 is 0 Å². The first kappa shape index (κ1) is 15.0. The van der Waals surface area contributed by atoms with Crippen molar-refractivity contribution in [2.45, 2.75) is 10.6 Å². The van der Waals surface area contributed by atoms with Gasteiger partial charge in [-0.3, -0.25) is 10.1 Å². The minimum atomic E-state index is -3.50. The van der Waals surface area contributed by atoms with Gasteiger partial charge in [0.1, 0.15) is 5.75 Å². The van der Waals surface area contributed by atoms with Gasteiger partial charge in [-0.05, 0) is 29.8 Å². The lowest BCUT2D eigenvalue weighted by Crippen LogP contribution is -2.05. The Kier molecular flexibility index (Phi) is 4.23. The Hall–Kier alpha value is -2.41. The van der Waals surface area contributed by atoms with Crippen molar-refractivity contribution in [2.75, 3.05) is 7.11 Å². The highest BCUT2D eigenvalue weighted by atomic mass is 32.2. The van der Waals surface area contributed by atoms with Gasteiger partial charge in [0.05, 0.1) is 22.7 Å². The van der Waals surface area contributed by atoms with Crippen LogP contribution in [0.4, 0.5) is 5.69 Å². The number of hydrogen-bond donors (Lipinski definition) is 0. The molecule has 0 aliphatic rings. The third-order valence-corrected chi connectivity index (χ3v) is 4.63. The molecule has 0 bridgehead atoms. The molecular weight excluding hydrogens is 294 g/mol. The minimum Gasteiger partial charge on any atom is -0.497 e. The fourth-order valence-electron chi connectivity index (χ4n) is 1.80. The molecule has 2 aromatic carbocycles. The maximum atomic E-state index is 12.2. The molecule has 0 saturated carbocycles. The molecule has 0 radical (unpaired) electrons. The van der Waals surface area contributed by atoms with Crippen molar-refractivity contribution in [3.05, 3.63) is 64.2 Å². The summed E-state index contributed by atoms with van der Waals surface area (Å²) in [4.78, 5) is 10.2. The van der Waals surface area contributed by atoms with Gasteiger partial charge in [0.25, 0.3) is 5.69 Å². The summed E-state index contributed by atoms with van der Waals surface area (Å²) in [5, 5.41) is 10.6. The number of nitrogens with zero attached hydrogens (tertiary/aromatic N) is 1. The van der Waals surface area contributed by atoms with Crippen LogP contribution in [0.1, 0.15) is 5.56 Å². The molecule has 0 unspecified atom stereocenters. The van der Waals surface area contributed by atoms with Gasteiger partial charge in [-0.15, -0.1) is 0 Å². The van der Waals surface area contributed by atoms with Gasteiger partial charge in [-0.25, -0.2) is 8.42 Å². The van der Waals surface area contributed by atoms with E-state index in [0.717, 1.165) is 0 Å². The van der Waals surface area contributed by atoms with Gasteiger partial charge in [0.2, 0.25) is 0 Å². The lowest BCUT2D eigenvalue weighted by Gasteiger charge is -2.06. The molecule has 0 spiro atoms. The van der Waals surface area contributed by atoms with Crippen LogP contribution in [0.2, 0.25) is 0 Å². The second-order valence-corrected chi connectivity index (χ2v) is 6.35. The molecule has 0 heterocycles. The highest BCUT2D eigenvalue weighted by Gasteiger charge is 2.16. The van der Waals surface area contributed by atoms with Gasteiger partial charge in [0.15, 0.2) is 9.84 Å². The highest BCUT2D eigenvalue weighted by molar-refractivity contribution is 7.90. The molecule has 0 N–H and O–H groups in total. The monoisotopic (exact) mass is 307 g/mol. The molecule has 21 heavy (non-hydrogen) atoms. The quantitative estimate of drug-likeness (QED) is 0.626. The Balaban J connectivity index is 2.21. The molecule has 0 aliphatic heterocycles. The zero-order chi connectivity index (χ0) is 15.5. The SMILES string of the molecule is COc1ccc(S(=O)(=O)Cc2ccc([N+](=O)[O-])cc2)cc1. The van der Waals surface area contributed by atoms with E-state index in [1.807, 2.05) is 0 Å². The van der Waals surface area contributed by atoms with Crippen molar-refractivity contribution in [1.29, 1.82) is 0 Å². The van der Waals surface area contributed by atoms with E-state index in [1.165, 1.54) is 43.5 Å². The third kappa shape index (κ3) is 3.57. The molecule has 6 nitrogen and oxygen atoms in total. The normalized spacial score (nSPS) is 11.1. The van der Waals surface area contributed by atoms with Gasteiger partial charge in [0, 0.05) is 12.1 Å². The summed E-state index contributed by atoms with van der Waals surface area (Å²) in [5.74, 6) is 0.362. The Bertz CT molecular complexity index is 736. The van der Waals surface area contributed by atoms with E-state index < -0.39 is 14.8 Å². The zero-order valence-electron chi connectivity index (χ0n) is 11.2. The topological polar surface area (TPSA) is 86.5 Å². The fraction of sp³-hybridized carbons (Fsp3) is 0.143. The summed E-state index contributed by atoms with van der Waals surface area (Å²) in [5.41, 5.74) is 0.428. The summed E-state index contributed by atoms with van der Waals surface area (Å²) in [6.45, 7) is 0. The predicted molar refractivity (Wildman–Crippen MR) is 77.0 cm³/mol. The van der Waals surface area contributed by atoms with E-state index in [0.29, 0.717) is 11.3 Å². The number of sulfone groups is 1. The molecule has 0 aliphatic carbocycles. The minimum absolute atomic E-state index is 0.0689. The first-order valence-electron chi connectivity index (χ1n) is 6.02. The largest absolute Gasteiger partial charge is 0.497 e. The Labute approximate surface area is 122 Å². The molecule has 0 aromatic heterocycles. The number of ether oxygens (including phenoxy) is 1. The lowest BCUT2D eigenvalue weighted by atomic mass is 10.2. The number of rotatable bonds is 5. The first-order chi connectivity index (χ1) is 9.92. The number of hydrogen-bond acceptors (Lipinski definition) is 5. The maximum absolute atomic E-state index is 12.2. The van der Waals surface area contributed by atoms with E-state index in [1.54, 1.807) is 12.1 Å². The van der Waals surface area contributed by atoms with Gasteiger partial charge in [-0.2, -0.15) is 0 Å².